The van der Waals surface area contributed by atoms with E-state index in [1.54, 1.807) is 24.3 Å². The molecule has 0 bridgehead atoms. The van der Waals surface area contributed by atoms with E-state index in [1.807, 2.05) is 30.3 Å². The summed E-state index contributed by atoms with van der Waals surface area (Å²) in [6.45, 7) is 0. The lowest BCUT2D eigenvalue weighted by Crippen LogP contribution is -2.20. The number of phenols is 3. The van der Waals surface area contributed by atoms with Gasteiger partial charge in [0.25, 0.3) is 0 Å². The minimum atomic E-state index is -0.551. The van der Waals surface area contributed by atoms with Crippen molar-refractivity contribution in [2.45, 2.75) is 12.5 Å². The van der Waals surface area contributed by atoms with Gasteiger partial charge in [-0.25, -0.2) is 0 Å². The Morgan fingerprint density at radius 1 is 0.929 bits per heavy atom. The lowest BCUT2D eigenvalue weighted by atomic mass is 9.93. The molecule has 5 heteroatoms. The Kier molecular flexibility index (Phi) is 4.49. The molecule has 3 aromatic rings. The number of fused-ring (bicyclic) bond motifs is 1. The molecule has 0 aromatic heterocycles. The second kappa shape index (κ2) is 7.12. The SMILES string of the molecule is O=C1CC(c2ccc(O)cc2)Oc2cc(O)c(/C=C/c3ccccc3)c(O)c21. The number of carbonyl (C=O) groups is 1. The van der Waals surface area contributed by atoms with Crippen LogP contribution in [0.25, 0.3) is 12.2 Å². The predicted octanol–water partition coefficient (Wildman–Crippen LogP) is 4.68. The van der Waals surface area contributed by atoms with Gasteiger partial charge >= 0.3 is 0 Å². The first-order valence-corrected chi connectivity index (χ1v) is 8.84. The lowest BCUT2D eigenvalue weighted by molar-refractivity contribution is 0.0844. The Hall–Kier alpha value is -3.73. The van der Waals surface area contributed by atoms with Gasteiger partial charge in [-0.3, -0.25) is 4.79 Å². The summed E-state index contributed by atoms with van der Waals surface area (Å²) in [5, 5.41) is 30.4. The van der Waals surface area contributed by atoms with Crippen molar-refractivity contribution in [3.63, 3.8) is 0 Å². The topological polar surface area (TPSA) is 87.0 Å². The number of ether oxygens (including phenoxy) is 1. The molecular formula is C23H18O5. The molecule has 1 aliphatic heterocycles. The average Bonchev–Trinajstić information content (AvgIpc) is 2.68. The summed E-state index contributed by atoms with van der Waals surface area (Å²) in [6.07, 6.45) is 2.82. The van der Waals surface area contributed by atoms with Gasteiger partial charge in [-0.05, 0) is 29.3 Å². The molecule has 3 aromatic carbocycles. The third kappa shape index (κ3) is 3.30. The molecule has 0 saturated carbocycles. The fourth-order valence-electron chi connectivity index (χ4n) is 3.26. The molecule has 1 atom stereocenters. The van der Waals surface area contributed by atoms with Crippen LogP contribution in [0.4, 0.5) is 0 Å². The first-order chi connectivity index (χ1) is 13.5. The monoisotopic (exact) mass is 374 g/mol. The van der Waals surface area contributed by atoms with Crippen LogP contribution in [-0.2, 0) is 0 Å². The molecule has 0 radical (unpaired) electrons. The predicted molar refractivity (Wildman–Crippen MR) is 106 cm³/mol. The van der Waals surface area contributed by atoms with Crippen LogP contribution in [0.15, 0.2) is 60.7 Å². The number of Topliss-reactive ketones (excluding diaryl/α,β-unsaturated/α-hetero) is 1. The lowest BCUT2D eigenvalue weighted by Gasteiger charge is -2.27. The van der Waals surface area contributed by atoms with E-state index in [0.717, 1.165) is 11.1 Å². The van der Waals surface area contributed by atoms with Gasteiger partial charge in [-0.15, -0.1) is 0 Å². The maximum atomic E-state index is 12.7. The van der Waals surface area contributed by atoms with Crippen molar-refractivity contribution in [3.8, 4) is 23.0 Å². The van der Waals surface area contributed by atoms with Crippen molar-refractivity contribution in [2.75, 3.05) is 0 Å². The Labute approximate surface area is 161 Å². The fraction of sp³-hybridized carbons (Fsp3) is 0.0870. The van der Waals surface area contributed by atoms with Gasteiger partial charge in [0.2, 0.25) is 0 Å². The zero-order chi connectivity index (χ0) is 19.7. The summed E-state index contributed by atoms with van der Waals surface area (Å²) in [5.74, 6) is -0.484. The Morgan fingerprint density at radius 2 is 1.64 bits per heavy atom. The summed E-state index contributed by atoms with van der Waals surface area (Å²) in [5.41, 5.74) is 1.86. The van der Waals surface area contributed by atoms with Gasteiger partial charge in [0.1, 0.15) is 34.7 Å². The summed E-state index contributed by atoms with van der Waals surface area (Å²) >= 11 is 0. The normalized spacial score (nSPS) is 16.0. The van der Waals surface area contributed by atoms with Gasteiger partial charge in [0.05, 0.1) is 12.0 Å². The standard InChI is InChI=1S/C23H18O5/c24-16-9-7-15(8-10-16)20-13-19(26)22-21(28-20)12-18(25)17(23(22)27)11-6-14-4-2-1-3-5-14/h1-12,20,24-25,27H,13H2/b11-6+. The highest BCUT2D eigenvalue weighted by atomic mass is 16.5. The van der Waals surface area contributed by atoms with Crippen LogP contribution < -0.4 is 4.74 Å². The fourth-order valence-corrected chi connectivity index (χ4v) is 3.26. The summed E-state index contributed by atoms with van der Waals surface area (Å²) in [6, 6.07) is 17.2. The highest BCUT2D eigenvalue weighted by molar-refractivity contribution is 6.04. The first-order valence-electron chi connectivity index (χ1n) is 8.84. The van der Waals surface area contributed by atoms with Crippen molar-refractivity contribution < 1.29 is 24.9 Å². The maximum absolute atomic E-state index is 12.7. The number of ketones is 1. The minimum absolute atomic E-state index is 0.0535. The number of hydrogen-bond acceptors (Lipinski definition) is 5. The summed E-state index contributed by atoms with van der Waals surface area (Å²) in [7, 11) is 0. The molecular weight excluding hydrogens is 356 g/mol. The third-order valence-corrected chi connectivity index (χ3v) is 4.71. The van der Waals surface area contributed by atoms with Crippen LogP contribution in [0.2, 0.25) is 0 Å². The zero-order valence-electron chi connectivity index (χ0n) is 14.9. The van der Waals surface area contributed by atoms with Crippen molar-refractivity contribution in [2.24, 2.45) is 0 Å². The molecule has 5 nitrogen and oxygen atoms in total. The molecule has 140 valence electrons. The van der Waals surface area contributed by atoms with E-state index in [2.05, 4.69) is 0 Å². The third-order valence-electron chi connectivity index (χ3n) is 4.71. The number of aromatic hydroxyl groups is 3. The van der Waals surface area contributed by atoms with Gasteiger partial charge in [0.15, 0.2) is 5.78 Å². The Morgan fingerprint density at radius 3 is 2.36 bits per heavy atom. The smallest absolute Gasteiger partial charge is 0.174 e. The Balaban J connectivity index is 1.69. The molecule has 3 N–H and O–H groups in total. The highest BCUT2D eigenvalue weighted by Gasteiger charge is 2.32. The average molecular weight is 374 g/mol. The van der Waals surface area contributed by atoms with E-state index < -0.39 is 6.10 Å². The second-order valence-corrected chi connectivity index (χ2v) is 6.60. The van der Waals surface area contributed by atoms with Crippen LogP contribution in [-0.4, -0.2) is 21.1 Å². The van der Waals surface area contributed by atoms with Crippen molar-refractivity contribution in [1.29, 1.82) is 0 Å². The van der Waals surface area contributed by atoms with Crippen LogP contribution in [0, 0.1) is 0 Å². The minimum Gasteiger partial charge on any atom is -0.508 e. The van der Waals surface area contributed by atoms with Gasteiger partial charge in [-0.1, -0.05) is 48.5 Å². The molecule has 4 rings (SSSR count). The van der Waals surface area contributed by atoms with E-state index in [0.29, 0.717) is 0 Å². The van der Waals surface area contributed by atoms with Crippen LogP contribution >= 0.6 is 0 Å². The molecule has 0 saturated heterocycles. The molecule has 0 fully saturated rings. The molecule has 28 heavy (non-hydrogen) atoms. The van der Waals surface area contributed by atoms with Crippen LogP contribution in [0.3, 0.4) is 0 Å². The summed E-state index contributed by atoms with van der Waals surface area (Å²) in [4.78, 5) is 12.7. The molecule has 0 amide bonds. The van der Waals surface area contributed by atoms with Crippen molar-refractivity contribution >= 4 is 17.9 Å². The number of carbonyl (C=O) groups excluding carboxylic acids is 1. The van der Waals surface area contributed by atoms with Crippen molar-refractivity contribution in [3.05, 3.63) is 82.9 Å². The van der Waals surface area contributed by atoms with E-state index in [-0.39, 0.29) is 46.3 Å². The van der Waals surface area contributed by atoms with E-state index in [1.165, 1.54) is 18.2 Å². The van der Waals surface area contributed by atoms with E-state index >= 15 is 0 Å². The molecule has 1 unspecified atom stereocenters. The molecule has 0 aliphatic carbocycles. The second-order valence-electron chi connectivity index (χ2n) is 6.60. The molecule has 1 heterocycles. The number of phenolic OH excluding ortho intramolecular Hbond substituents is 3. The first kappa shape index (κ1) is 17.7. The maximum Gasteiger partial charge on any atom is 0.174 e. The van der Waals surface area contributed by atoms with E-state index in [9.17, 15) is 20.1 Å². The van der Waals surface area contributed by atoms with Gasteiger partial charge in [-0.2, -0.15) is 0 Å². The van der Waals surface area contributed by atoms with Crippen molar-refractivity contribution in [1.82, 2.24) is 0 Å². The summed E-state index contributed by atoms with van der Waals surface area (Å²) < 4.78 is 5.86. The Bertz CT molecular complexity index is 1050. The largest absolute Gasteiger partial charge is 0.508 e. The van der Waals surface area contributed by atoms with Crippen LogP contribution in [0.5, 0.6) is 23.0 Å². The van der Waals surface area contributed by atoms with Gasteiger partial charge in [0, 0.05) is 6.07 Å². The number of rotatable bonds is 3. The quantitative estimate of drug-likeness (QED) is 0.580. The van der Waals surface area contributed by atoms with Gasteiger partial charge < -0.3 is 20.1 Å². The number of benzene rings is 3. The number of hydrogen-bond donors (Lipinski definition) is 3. The highest BCUT2D eigenvalue weighted by Crippen LogP contribution is 2.45. The van der Waals surface area contributed by atoms with Crippen LogP contribution in [0.1, 0.15) is 39.6 Å². The molecule has 1 aliphatic rings. The van der Waals surface area contributed by atoms with E-state index in [4.69, 9.17) is 4.74 Å². The zero-order valence-corrected chi connectivity index (χ0v) is 14.9. The molecule has 0 spiro atoms.